The van der Waals surface area contributed by atoms with Crippen LogP contribution in [0.3, 0.4) is 0 Å². The van der Waals surface area contributed by atoms with Crippen molar-refractivity contribution in [3.63, 3.8) is 0 Å². The zero-order chi connectivity index (χ0) is 25.2. The van der Waals surface area contributed by atoms with E-state index in [9.17, 15) is 19.5 Å². The van der Waals surface area contributed by atoms with Crippen LogP contribution in [0.4, 0.5) is 4.79 Å². The van der Waals surface area contributed by atoms with Gasteiger partial charge in [-0.15, -0.1) is 0 Å². The molecular weight excluding hydrogens is 448 g/mol. The Morgan fingerprint density at radius 3 is 2.26 bits per heavy atom. The van der Waals surface area contributed by atoms with Crippen molar-refractivity contribution in [3.8, 4) is 11.1 Å². The summed E-state index contributed by atoms with van der Waals surface area (Å²) in [7, 11) is 1.50. The Morgan fingerprint density at radius 2 is 1.71 bits per heavy atom. The number of nitrogens with zero attached hydrogens (tertiary/aromatic N) is 1. The van der Waals surface area contributed by atoms with Crippen LogP contribution in [-0.4, -0.2) is 65.9 Å². The van der Waals surface area contributed by atoms with Crippen molar-refractivity contribution in [3.05, 3.63) is 59.7 Å². The Morgan fingerprint density at radius 1 is 1.11 bits per heavy atom. The van der Waals surface area contributed by atoms with Crippen LogP contribution in [0.25, 0.3) is 11.1 Å². The Hall–Kier alpha value is -3.39. The minimum atomic E-state index is -1.40. The van der Waals surface area contributed by atoms with E-state index in [-0.39, 0.29) is 31.6 Å². The van der Waals surface area contributed by atoms with Gasteiger partial charge in [0.1, 0.15) is 18.2 Å². The van der Waals surface area contributed by atoms with Gasteiger partial charge in [0.05, 0.1) is 6.10 Å². The molecule has 1 aliphatic heterocycles. The molecule has 1 heterocycles. The third-order valence-corrected chi connectivity index (χ3v) is 7.18. The van der Waals surface area contributed by atoms with Crippen LogP contribution >= 0.6 is 0 Å². The van der Waals surface area contributed by atoms with Gasteiger partial charge in [-0.3, -0.25) is 4.79 Å². The minimum Gasteiger partial charge on any atom is -0.480 e. The first-order valence-corrected chi connectivity index (χ1v) is 12.0. The molecule has 2 aliphatic rings. The maximum Gasteiger partial charge on any atom is 0.407 e. The molecule has 1 aliphatic carbocycles. The highest BCUT2D eigenvalue weighted by Gasteiger charge is 2.51. The van der Waals surface area contributed by atoms with E-state index >= 15 is 0 Å². The molecule has 0 aromatic heterocycles. The fourth-order valence-electron chi connectivity index (χ4n) is 5.23. The summed E-state index contributed by atoms with van der Waals surface area (Å²) in [6, 6.07) is 15.2. The van der Waals surface area contributed by atoms with Crippen molar-refractivity contribution in [1.29, 1.82) is 0 Å². The molecule has 8 heteroatoms. The Labute approximate surface area is 205 Å². The summed E-state index contributed by atoms with van der Waals surface area (Å²) in [6.45, 7) is 3.71. The molecule has 1 saturated heterocycles. The van der Waals surface area contributed by atoms with Crippen LogP contribution in [0.1, 0.15) is 50.2 Å². The lowest BCUT2D eigenvalue weighted by Gasteiger charge is -2.33. The van der Waals surface area contributed by atoms with Gasteiger partial charge in [-0.25, -0.2) is 9.59 Å². The number of benzene rings is 2. The lowest BCUT2D eigenvalue weighted by atomic mass is 9.97. The SMILES string of the molecule is CCC[C@H](NC(=O)OCC1c2ccccc2-c2ccccc21)C(=O)N1CC(OC)CC1(C)C(=O)O. The van der Waals surface area contributed by atoms with Crippen molar-refractivity contribution in [2.24, 2.45) is 0 Å². The van der Waals surface area contributed by atoms with Crippen molar-refractivity contribution in [1.82, 2.24) is 10.2 Å². The van der Waals surface area contributed by atoms with Crippen molar-refractivity contribution in [2.45, 2.75) is 56.7 Å². The zero-order valence-electron chi connectivity index (χ0n) is 20.3. The van der Waals surface area contributed by atoms with E-state index < -0.39 is 29.6 Å². The number of hydrogen-bond donors (Lipinski definition) is 2. The van der Waals surface area contributed by atoms with E-state index in [1.54, 1.807) is 0 Å². The highest BCUT2D eigenvalue weighted by atomic mass is 16.5. The molecule has 0 radical (unpaired) electrons. The van der Waals surface area contributed by atoms with Crippen molar-refractivity contribution in [2.75, 3.05) is 20.3 Å². The number of carboxylic acids is 1. The van der Waals surface area contributed by atoms with Gasteiger partial charge < -0.3 is 24.8 Å². The first-order chi connectivity index (χ1) is 16.8. The first kappa shape index (κ1) is 24.7. The molecule has 2 aromatic carbocycles. The van der Waals surface area contributed by atoms with E-state index in [4.69, 9.17) is 9.47 Å². The summed E-state index contributed by atoms with van der Waals surface area (Å²) in [5, 5.41) is 12.5. The number of rotatable bonds is 8. The van der Waals surface area contributed by atoms with Crippen LogP contribution < -0.4 is 5.32 Å². The van der Waals surface area contributed by atoms with Gasteiger partial charge in [0.15, 0.2) is 0 Å². The zero-order valence-corrected chi connectivity index (χ0v) is 20.3. The molecule has 2 amide bonds. The van der Waals surface area contributed by atoms with Gasteiger partial charge >= 0.3 is 12.1 Å². The average molecular weight is 481 g/mol. The summed E-state index contributed by atoms with van der Waals surface area (Å²) in [5.74, 6) is -1.63. The third-order valence-electron chi connectivity index (χ3n) is 7.18. The minimum absolute atomic E-state index is 0.0928. The molecule has 2 unspecified atom stereocenters. The van der Waals surface area contributed by atoms with Gasteiger partial charge in [-0.05, 0) is 35.6 Å². The first-order valence-electron chi connectivity index (χ1n) is 12.0. The topological polar surface area (TPSA) is 105 Å². The molecule has 186 valence electrons. The summed E-state index contributed by atoms with van der Waals surface area (Å²) >= 11 is 0. The van der Waals surface area contributed by atoms with Gasteiger partial charge in [-0.2, -0.15) is 0 Å². The number of amides is 2. The summed E-state index contributed by atoms with van der Waals surface area (Å²) in [6.07, 6.45) is 0.113. The monoisotopic (exact) mass is 480 g/mol. The largest absolute Gasteiger partial charge is 0.480 e. The molecule has 4 rings (SSSR count). The predicted octanol–water partition coefficient (Wildman–Crippen LogP) is 3.78. The van der Waals surface area contributed by atoms with Crippen LogP contribution in [0.15, 0.2) is 48.5 Å². The van der Waals surface area contributed by atoms with E-state index in [1.165, 1.54) is 18.9 Å². The van der Waals surface area contributed by atoms with Gasteiger partial charge in [0.25, 0.3) is 0 Å². The fraction of sp³-hybridized carbons (Fsp3) is 0.444. The maximum atomic E-state index is 13.4. The van der Waals surface area contributed by atoms with Gasteiger partial charge in [0, 0.05) is 26.0 Å². The highest BCUT2D eigenvalue weighted by molar-refractivity contribution is 5.92. The second-order valence-corrected chi connectivity index (χ2v) is 9.40. The summed E-state index contributed by atoms with van der Waals surface area (Å²) in [4.78, 5) is 39.5. The number of nitrogens with one attached hydrogen (secondary N) is 1. The fourth-order valence-corrected chi connectivity index (χ4v) is 5.23. The maximum absolute atomic E-state index is 13.4. The Bertz CT molecular complexity index is 1070. The number of fused-ring (bicyclic) bond motifs is 3. The van der Waals surface area contributed by atoms with E-state index in [0.717, 1.165) is 22.3 Å². The standard InChI is InChI=1S/C27H32N2O6/c1-4-9-23(24(30)29-15-17(34-3)14-27(29,2)25(31)32)28-26(33)35-16-22-20-12-7-5-10-18(20)19-11-6-8-13-21(19)22/h5-8,10-13,17,22-23H,4,9,14-16H2,1-3H3,(H,28,33)(H,31,32)/t17?,23-,27?/m0/s1. The molecule has 2 N–H and O–H groups in total. The number of carboxylic acid groups (broad SMARTS) is 1. The van der Waals surface area contributed by atoms with Crippen LogP contribution in [-0.2, 0) is 19.1 Å². The van der Waals surface area contributed by atoms with Gasteiger partial charge in [0.2, 0.25) is 5.91 Å². The molecule has 2 aromatic rings. The lowest BCUT2D eigenvalue weighted by Crippen LogP contribution is -2.57. The number of methoxy groups -OCH3 is 1. The summed E-state index contributed by atoms with van der Waals surface area (Å²) < 4.78 is 11.0. The number of alkyl carbamates (subject to hydrolysis) is 1. The van der Waals surface area contributed by atoms with Crippen molar-refractivity contribution < 1.29 is 29.0 Å². The molecule has 35 heavy (non-hydrogen) atoms. The van der Waals surface area contributed by atoms with Crippen LogP contribution in [0.5, 0.6) is 0 Å². The smallest absolute Gasteiger partial charge is 0.407 e. The van der Waals surface area contributed by atoms with Crippen LogP contribution in [0.2, 0.25) is 0 Å². The quantitative estimate of drug-likeness (QED) is 0.596. The van der Waals surface area contributed by atoms with E-state index in [1.807, 2.05) is 43.3 Å². The average Bonchev–Trinajstić information content (AvgIpc) is 3.38. The van der Waals surface area contributed by atoms with Crippen LogP contribution in [0, 0.1) is 0 Å². The number of carbonyl (C=O) groups is 3. The lowest BCUT2D eigenvalue weighted by molar-refractivity contribution is -0.156. The molecule has 0 spiro atoms. The second-order valence-electron chi connectivity index (χ2n) is 9.40. The highest BCUT2D eigenvalue weighted by Crippen LogP contribution is 2.44. The van der Waals surface area contributed by atoms with E-state index in [0.29, 0.717) is 12.8 Å². The third kappa shape index (κ3) is 4.62. The number of hydrogen-bond acceptors (Lipinski definition) is 5. The number of aliphatic carboxylic acids is 1. The van der Waals surface area contributed by atoms with Crippen molar-refractivity contribution >= 4 is 18.0 Å². The number of likely N-dealkylation sites (tertiary alicyclic amines) is 1. The summed E-state index contributed by atoms with van der Waals surface area (Å²) in [5.41, 5.74) is 3.06. The molecule has 8 nitrogen and oxygen atoms in total. The normalized spacial score (nSPS) is 21.8. The predicted molar refractivity (Wildman–Crippen MR) is 130 cm³/mol. The molecule has 0 saturated carbocycles. The Kier molecular flexibility index (Phi) is 7.12. The molecule has 1 fully saturated rings. The second kappa shape index (κ2) is 10.1. The molecular formula is C27H32N2O6. The molecule has 3 atom stereocenters. The van der Waals surface area contributed by atoms with Gasteiger partial charge in [-0.1, -0.05) is 61.9 Å². The number of ether oxygens (including phenoxy) is 2. The van der Waals surface area contributed by atoms with E-state index in [2.05, 4.69) is 17.4 Å². The number of carbonyl (C=O) groups excluding carboxylic acids is 2. The molecule has 0 bridgehead atoms. The Balaban J connectivity index is 1.45.